The molecular weight excluding hydrogens is 365 g/mol. The van der Waals surface area contributed by atoms with E-state index in [9.17, 15) is 14.0 Å². The third kappa shape index (κ3) is 4.57. The first kappa shape index (κ1) is 19.2. The van der Waals surface area contributed by atoms with E-state index in [1.165, 1.54) is 17.0 Å². The fraction of sp³-hybridized carbons (Fsp3) is 0.238. The smallest absolute Gasteiger partial charge is 0.293 e. The Kier molecular flexibility index (Phi) is 5.96. The summed E-state index contributed by atoms with van der Waals surface area (Å²) in [5, 5.41) is -0.337. The Hall–Kier alpha value is -2.60. The number of thioether (sulfide) groups is 1. The van der Waals surface area contributed by atoms with Crippen LogP contribution in [-0.4, -0.2) is 22.2 Å². The van der Waals surface area contributed by atoms with Crippen molar-refractivity contribution >= 4 is 29.0 Å². The Bertz CT molecular complexity index is 879. The zero-order valence-electron chi connectivity index (χ0n) is 15.1. The van der Waals surface area contributed by atoms with Crippen molar-refractivity contribution in [3.8, 4) is 5.75 Å². The predicted molar refractivity (Wildman–Crippen MR) is 105 cm³/mol. The van der Waals surface area contributed by atoms with Crippen LogP contribution >= 0.6 is 11.8 Å². The van der Waals surface area contributed by atoms with Gasteiger partial charge in [0.15, 0.2) is 0 Å². The predicted octanol–water partition coefficient (Wildman–Crippen LogP) is 5.24. The Labute approximate surface area is 162 Å². The molecule has 1 aliphatic heterocycles. The first-order valence-electron chi connectivity index (χ1n) is 8.73. The Morgan fingerprint density at radius 3 is 2.56 bits per heavy atom. The summed E-state index contributed by atoms with van der Waals surface area (Å²) in [4.78, 5) is 26.5. The van der Waals surface area contributed by atoms with Gasteiger partial charge in [-0.05, 0) is 54.9 Å². The summed E-state index contributed by atoms with van der Waals surface area (Å²) >= 11 is 0.901. The molecule has 0 saturated carbocycles. The topological polar surface area (TPSA) is 46.6 Å². The van der Waals surface area contributed by atoms with Crippen LogP contribution in [-0.2, 0) is 11.3 Å². The molecule has 0 aliphatic carbocycles. The van der Waals surface area contributed by atoms with Gasteiger partial charge in [0, 0.05) is 5.56 Å². The summed E-state index contributed by atoms with van der Waals surface area (Å²) in [6.07, 6.45) is 2.60. The van der Waals surface area contributed by atoms with Crippen LogP contribution in [0.1, 0.15) is 31.4 Å². The Morgan fingerprint density at radius 1 is 1.15 bits per heavy atom. The summed E-state index contributed by atoms with van der Waals surface area (Å²) in [6, 6.07) is 13.2. The van der Waals surface area contributed by atoms with Crippen molar-refractivity contribution in [1.29, 1.82) is 0 Å². The van der Waals surface area contributed by atoms with E-state index < -0.39 is 0 Å². The summed E-state index contributed by atoms with van der Waals surface area (Å²) in [7, 11) is 0. The molecule has 0 radical (unpaired) electrons. The highest BCUT2D eigenvalue weighted by atomic mass is 32.2. The molecule has 2 aromatic rings. The van der Waals surface area contributed by atoms with E-state index in [0.29, 0.717) is 16.2 Å². The van der Waals surface area contributed by atoms with Crippen LogP contribution in [0.3, 0.4) is 0 Å². The Morgan fingerprint density at radius 2 is 1.85 bits per heavy atom. The molecule has 140 valence electrons. The summed E-state index contributed by atoms with van der Waals surface area (Å²) in [5.41, 5.74) is 1.45. The third-order valence-electron chi connectivity index (χ3n) is 4.24. The van der Waals surface area contributed by atoms with Gasteiger partial charge in [-0.3, -0.25) is 14.5 Å². The first-order chi connectivity index (χ1) is 13.0. The van der Waals surface area contributed by atoms with Crippen molar-refractivity contribution in [2.45, 2.75) is 32.9 Å². The highest BCUT2D eigenvalue weighted by Gasteiger charge is 2.35. The molecular formula is C21H20FNO3S. The number of amides is 2. The van der Waals surface area contributed by atoms with Gasteiger partial charge in [-0.2, -0.15) is 0 Å². The van der Waals surface area contributed by atoms with Crippen LogP contribution in [0.4, 0.5) is 9.18 Å². The average molecular weight is 385 g/mol. The number of rotatable bonds is 6. The Balaban J connectivity index is 1.81. The minimum atomic E-state index is -0.356. The van der Waals surface area contributed by atoms with Gasteiger partial charge in [-0.1, -0.05) is 37.3 Å². The lowest BCUT2D eigenvalue weighted by Gasteiger charge is -2.15. The highest BCUT2D eigenvalue weighted by Crippen LogP contribution is 2.35. The number of benzene rings is 2. The number of hydrogen-bond donors (Lipinski definition) is 0. The van der Waals surface area contributed by atoms with E-state index >= 15 is 0 Å². The van der Waals surface area contributed by atoms with E-state index in [-0.39, 0.29) is 29.6 Å². The maximum Gasteiger partial charge on any atom is 0.293 e. The van der Waals surface area contributed by atoms with Crippen molar-refractivity contribution in [1.82, 2.24) is 4.90 Å². The van der Waals surface area contributed by atoms with E-state index in [2.05, 4.69) is 0 Å². The summed E-state index contributed by atoms with van der Waals surface area (Å²) in [5.74, 6) is -0.0319. The fourth-order valence-corrected chi connectivity index (χ4v) is 3.39. The van der Waals surface area contributed by atoms with Crippen molar-refractivity contribution in [3.05, 3.63) is 70.4 Å². The lowest BCUT2D eigenvalue weighted by atomic mass is 10.1. The number of para-hydroxylation sites is 1. The van der Waals surface area contributed by atoms with Gasteiger partial charge < -0.3 is 4.74 Å². The molecule has 0 N–H and O–H groups in total. The van der Waals surface area contributed by atoms with Crippen LogP contribution in [0.15, 0.2) is 53.4 Å². The second kappa shape index (κ2) is 8.39. The molecule has 1 aliphatic rings. The molecule has 1 unspecified atom stereocenters. The average Bonchev–Trinajstić information content (AvgIpc) is 2.92. The van der Waals surface area contributed by atoms with E-state index in [1.807, 2.05) is 38.1 Å². The number of ether oxygens (including phenoxy) is 1. The van der Waals surface area contributed by atoms with Crippen LogP contribution in [0.2, 0.25) is 0 Å². The number of nitrogens with zero attached hydrogens (tertiary/aromatic N) is 1. The van der Waals surface area contributed by atoms with Gasteiger partial charge in [0.05, 0.1) is 17.6 Å². The van der Waals surface area contributed by atoms with Crippen LogP contribution in [0.5, 0.6) is 5.75 Å². The zero-order chi connectivity index (χ0) is 19.4. The van der Waals surface area contributed by atoms with Gasteiger partial charge in [-0.25, -0.2) is 4.39 Å². The standard InChI is InChI=1S/C21H20FNO3S/c1-3-14(2)26-18-7-5-4-6-16(18)12-19-20(24)23(21(25)27-19)13-15-8-10-17(22)11-9-15/h4-12,14H,3,13H2,1-2H3/b19-12-. The van der Waals surface area contributed by atoms with Gasteiger partial charge in [0.25, 0.3) is 11.1 Å². The molecule has 1 fully saturated rings. The summed E-state index contributed by atoms with van der Waals surface area (Å²) in [6.45, 7) is 4.13. The molecule has 1 heterocycles. The largest absolute Gasteiger partial charge is 0.490 e. The van der Waals surface area contributed by atoms with Crippen molar-refractivity contribution in [2.24, 2.45) is 0 Å². The number of imide groups is 1. The van der Waals surface area contributed by atoms with Crippen molar-refractivity contribution in [2.75, 3.05) is 0 Å². The molecule has 1 saturated heterocycles. The SMILES string of the molecule is CCC(C)Oc1ccccc1/C=C1\SC(=O)N(Cc2ccc(F)cc2)C1=O. The van der Waals surface area contributed by atoms with Gasteiger partial charge in [0.2, 0.25) is 0 Å². The monoisotopic (exact) mass is 385 g/mol. The molecule has 1 atom stereocenters. The minimum Gasteiger partial charge on any atom is -0.490 e. The lowest BCUT2D eigenvalue weighted by Crippen LogP contribution is -2.27. The van der Waals surface area contributed by atoms with Crippen LogP contribution in [0.25, 0.3) is 6.08 Å². The van der Waals surface area contributed by atoms with E-state index in [1.54, 1.807) is 18.2 Å². The van der Waals surface area contributed by atoms with Crippen molar-refractivity contribution < 1.29 is 18.7 Å². The second-order valence-electron chi connectivity index (χ2n) is 6.27. The maximum absolute atomic E-state index is 13.0. The number of carbonyl (C=O) groups is 2. The molecule has 3 rings (SSSR count). The number of carbonyl (C=O) groups excluding carboxylic acids is 2. The molecule has 0 spiro atoms. The molecule has 2 aromatic carbocycles. The molecule has 6 heteroatoms. The maximum atomic E-state index is 13.0. The third-order valence-corrected chi connectivity index (χ3v) is 5.14. The molecule has 27 heavy (non-hydrogen) atoms. The van der Waals surface area contributed by atoms with Crippen molar-refractivity contribution in [3.63, 3.8) is 0 Å². The van der Waals surface area contributed by atoms with Gasteiger partial charge in [-0.15, -0.1) is 0 Å². The van der Waals surface area contributed by atoms with E-state index in [4.69, 9.17) is 4.74 Å². The van der Waals surface area contributed by atoms with Gasteiger partial charge in [0.1, 0.15) is 11.6 Å². The van der Waals surface area contributed by atoms with Crippen LogP contribution in [0, 0.1) is 5.82 Å². The molecule has 2 amide bonds. The zero-order valence-corrected chi connectivity index (χ0v) is 16.0. The van der Waals surface area contributed by atoms with E-state index in [0.717, 1.165) is 23.7 Å². The highest BCUT2D eigenvalue weighted by molar-refractivity contribution is 8.18. The number of halogens is 1. The second-order valence-corrected chi connectivity index (χ2v) is 7.26. The molecule has 4 nitrogen and oxygen atoms in total. The molecule has 0 bridgehead atoms. The normalized spacial score (nSPS) is 16.9. The fourth-order valence-electron chi connectivity index (χ4n) is 2.56. The number of hydrogen-bond acceptors (Lipinski definition) is 4. The van der Waals surface area contributed by atoms with Crippen LogP contribution < -0.4 is 4.74 Å². The molecule has 0 aromatic heterocycles. The lowest BCUT2D eigenvalue weighted by molar-refractivity contribution is -0.123. The quantitative estimate of drug-likeness (QED) is 0.638. The minimum absolute atomic E-state index is 0.0492. The first-order valence-corrected chi connectivity index (χ1v) is 9.55. The summed E-state index contributed by atoms with van der Waals surface area (Å²) < 4.78 is 18.9. The van der Waals surface area contributed by atoms with Gasteiger partial charge >= 0.3 is 0 Å².